The third kappa shape index (κ3) is 5.05. The summed E-state index contributed by atoms with van der Waals surface area (Å²) in [6, 6.07) is 15.3. The maximum atomic E-state index is 13.3. The van der Waals surface area contributed by atoms with Crippen molar-refractivity contribution >= 4 is 22.8 Å². The summed E-state index contributed by atoms with van der Waals surface area (Å²) in [5.74, 6) is 0.709. The van der Waals surface area contributed by atoms with Crippen LogP contribution in [0, 0.1) is 0 Å². The summed E-state index contributed by atoms with van der Waals surface area (Å²) in [5.41, 5.74) is 1.84. The normalized spacial score (nSPS) is 16.9. The first-order valence-electron chi connectivity index (χ1n) is 11.4. The van der Waals surface area contributed by atoms with Crippen LogP contribution < -0.4 is 14.8 Å². The van der Waals surface area contributed by atoms with Crippen LogP contribution in [-0.2, 0) is 16.0 Å². The molecule has 1 N–H and O–H groups in total. The van der Waals surface area contributed by atoms with Crippen molar-refractivity contribution in [3.05, 3.63) is 90.3 Å². The molecular weight excluding hydrogens is 460 g/mol. The van der Waals surface area contributed by atoms with Gasteiger partial charge in [-0.3, -0.25) is 4.79 Å². The number of nitrogens with one attached hydrogen (secondary N) is 1. The first kappa shape index (κ1) is 23.1. The highest BCUT2D eigenvalue weighted by Gasteiger charge is 2.25. The number of hydrogen-bond acceptors (Lipinski definition) is 7. The Morgan fingerprint density at radius 3 is 2.58 bits per heavy atom. The summed E-state index contributed by atoms with van der Waals surface area (Å²) < 4.78 is 18.1. The van der Waals surface area contributed by atoms with Gasteiger partial charge in [-0.15, -0.1) is 0 Å². The van der Waals surface area contributed by atoms with Gasteiger partial charge < -0.3 is 19.5 Å². The van der Waals surface area contributed by atoms with Crippen LogP contribution in [0.2, 0.25) is 0 Å². The van der Waals surface area contributed by atoms with Crippen molar-refractivity contribution in [3.8, 4) is 17.3 Å². The molecule has 5 bridgehead atoms. The Morgan fingerprint density at radius 2 is 1.81 bits per heavy atom. The van der Waals surface area contributed by atoms with Gasteiger partial charge in [0.1, 0.15) is 30.8 Å². The molecule has 1 amide bonds. The van der Waals surface area contributed by atoms with Gasteiger partial charge in [-0.1, -0.05) is 12.1 Å². The Balaban J connectivity index is 1.53. The number of benzene rings is 2. The molecule has 4 heterocycles. The van der Waals surface area contributed by atoms with Crippen molar-refractivity contribution in [1.29, 1.82) is 0 Å². The lowest BCUT2D eigenvalue weighted by Gasteiger charge is -2.18. The molecule has 0 saturated heterocycles. The Bertz CT molecular complexity index is 1430. The lowest BCUT2D eigenvalue weighted by Crippen LogP contribution is -2.43. The number of carbonyl (C=O) groups is 2. The number of methoxy groups -OCH3 is 1. The fourth-order valence-electron chi connectivity index (χ4n) is 3.91. The van der Waals surface area contributed by atoms with E-state index in [1.165, 1.54) is 7.11 Å². The van der Waals surface area contributed by atoms with E-state index in [0.717, 1.165) is 16.5 Å². The number of fused-ring (bicyclic) bond motifs is 9. The summed E-state index contributed by atoms with van der Waals surface area (Å²) in [7, 11) is 1.29. The number of ether oxygens (including phenoxy) is 3. The number of esters is 1. The molecule has 0 fully saturated rings. The average Bonchev–Trinajstić information content (AvgIpc) is 3.33. The van der Waals surface area contributed by atoms with Crippen molar-refractivity contribution in [2.24, 2.45) is 0 Å². The molecule has 9 nitrogen and oxygen atoms in total. The third-order valence-corrected chi connectivity index (χ3v) is 5.74. The average molecular weight is 485 g/mol. The second kappa shape index (κ2) is 10.3. The maximum absolute atomic E-state index is 13.3. The summed E-state index contributed by atoms with van der Waals surface area (Å²) in [6.45, 7) is 0.780. The molecule has 2 aromatic heterocycles. The largest absolute Gasteiger partial charge is 0.490 e. The lowest BCUT2D eigenvalue weighted by molar-refractivity contribution is -0.142. The zero-order chi connectivity index (χ0) is 24.9. The molecule has 0 radical (unpaired) electrons. The van der Waals surface area contributed by atoms with Crippen molar-refractivity contribution in [2.75, 3.05) is 20.3 Å². The first-order valence-corrected chi connectivity index (χ1v) is 11.4. The standard InChI is InChI=1S/C27H24N4O5/c1-34-27(33)24-15-18-6-8-20(9-7-18)35-13-2-3-14-36-21-10-11-23-19(16-21)17-31(30-23)25-22(26(32)29-24)5-4-12-28-25/h2-12,16-17,24H,13-15H2,1H3,(H,29,32)/b3-2-/t24-/m0/s1. The van der Waals surface area contributed by atoms with Gasteiger partial charge in [0.05, 0.1) is 18.2 Å². The van der Waals surface area contributed by atoms with E-state index >= 15 is 0 Å². The van der Waals surface area contributed by atoms with Gasteiger partial charge in [0.15, 0.2) is 5.82 Å². The molecule has 2 aliphatic rings. The fraction of sp³-hybridized carbons (Fsp3) is 0.185. The van der Waals surface area contributed by atoms with Gasteiger partial charge >= 0.3 is 5.97 Å². The molecule has 0 unspecified atom stereocenters. The van der Waals surface area contributed by atoms with Crippen LogP contribution in [0.3, 0.4) is 0 Å². The Hall–Kier alpha value is -4.66. The molecule has 0 saturated carbocycles. The van der Waals surface area contributed by atoms with E-state index in [-0.39, 0.29) is 12.0 Å². The zero-order valence-corrected chi connectivity index (χ0v) is 19.6. The second-order valence-corrected chi connectivity index (χ2v) is 8.16. The smallest absolute Gasteiger partial charge is 0.328 e. The molecule has 9 heteroatoms. The minimum absolute atomic E-state index is 0.250. The van der Waals surface area contributed by atoms with Crippen molar-refractivity contribution in [1.82, 2.24) is 20.1 Å². The van der Waals surface area contributed by atoms with Crippen molar-refractivity contribution in [3.63, 3.8) is 0 Å². The van der Waals surface area contributed by atoms with Crippen molar-refractivity contribution < 1.29 is 23.8 Å². The highest BCUT2D eigenvalue weighted by molar-refractivity contribution is 5.99. The quantitative estimate of drug-likeness (QED) is 0.327. The van der Waals surface area contributed by atoms with Crippen LogP contribution >= 0.6 is 0 Å². The summed E-state index contributed by atoms with van der Waals surface area (Å²) in [4.78, 5) is 30.2. The van der Waals surface area contributed by atoms with Crippen LogP contribution in [-0.4, -0.2) is 53.0 Å². The Kier molecular flexibility index (Phi) is 6.61. The Morgan fingerprint density at radius 1 is 1.06 bits per heavy atom. The van der Waals surface area contributed by atoms with Gasteiger partial charge in [0, 0.05) is 24.2 Å². The summed E-state index contributed by atoms with van der Waals surface area (Å²) >= 11 is 0. The molecule has 6 rings (SSSR count). The van der Waals surface area contributed by atoms with E-state index in [1.54, 1.807) is 29.2 Å². The maximum Gasteiger partial charge on any atom is 0.328 e. The fourth-order valence-corrected chi connectivity index (χ4v) is 3.91. The van der Waals surface area contributed by atoms with E-state index in [1.807, 2.05) is 54.6 Å². The third-order valence-electron chi connectivity index (χ3n) is 5.74. The van der Waals surface area contributed by atoms with Crippen LogP contribution in [0.5, 0.6) is 11.5 Å². The molecule has 4 aromatic rings. The number of carbonyl (C=O) groups excluding carboxylic acids is 2. The first-order chi connectivity index (χ1) is 17.6. The second-order valence-electron chi connectivity index (χ2n) is 8.16. The Labute approximate surface area is 207 Å². The highest BCUT2D eigenvalue weighted by atomic mass is 16.5. The molecule has 36 heavy (non-hydrogen) atoms. The van der Waals surface area contributed by atoms with Gasteiger partial charge in [-0.05, 0) is 60.2 Å². The van der Waals surface area contributed by atoms with Gasteiger partial charge in [-0.25, -0.2) is 14.5 Å². The van der Waals surface area contributed by atoms with Crippen LogP contribution in [0.4, 0.5) is 0 Å². The topological polar surface area (TPSA) is 105 Å². The predicted molar refractivity (Wildman–Crippen MR) is 132 cm³/mol. The van der Waals surface area contributed by atoms with E-state index < -0.39 is 17.9 Å². The molecular formula is C27H24N4O5. The number of hydrogen-bond donors (Lipinski definition) is 1. The van der Waals surface area contributed by atoms with Crippen LogP contribution in [0.25, 0.3) is 16.7 Å². The predicted octanol–water partition coefficient (Wildman–Crippen LogP) is 3.26. The molecule has 0 spiro atoms. The number of aromatic nitrogens is 3. The number of amides is 1. The summed E-state index contributed by atoms with van der Waals surface area (Å²) in [5, 5.41) is 8.21. The molecule has 1 atom stereocenters. The van der Waals surface area contributed by atoms with Crippen molar-refractivity contribution in [2.45, 2.75) is 12.5 Å². The molecule has 0 aliphatic carbocycles. The minimum Gasteiger partial charge on any atom is -0.490 e. The van der Waals surface area contributed by atoms with Crippen LogP contribution in [0.15, 0.2) is 79.1 Å². The number of nitrogens with zero attached hydrogens (tertiary/aromatic N) is 3. The van der Waals surface area contributed by atoms with Crippen LogP contribution in [0.1, 0.15) is 15.9 Å². The van der Waals surface area contributed by atoms with Gasteiger partial charge in [0.25, 0.3) is 5.91 Å². The highest BCUT2D eigenvalue weighted by Crippen LogP contribution is 2.22. The SMILES string of the molecule is COC(=O)[C@@H]1Cc2ccc(cc2)OC/C=C\COc2ccc3nn(cc3c2)-c2ncccc2C(=O)N1. The molecule has 2 aromatic carbocycles. The van der Waals surface area contributed by atoms with E-state index in [4.69, 9.17) is 14.2 Å². The number of rotatable bonds is 1. The molecule has 2 aliphatic heterocycles. The lowest BCUT2D eigenvalue weighted by atomic mass is 10.1. The van der Waals surface area contributed by atoms with Gasteiger partial charge in [0.2, 0.25) is 0 Å². The number of pyridine rings is 1. The zero-order valence-electron chi connectivity index (χ0n) is 19.6. The van der Waals surface area contributed by atoms with E-state index in [9.17, 15) is 9.59 Å². The molecule has 182 valence electrons. The monoisotopic (exact) mass is 484 g/mol. The van der Waals surface area contributed by atoms with Gasteiger partial charge in [-0.2, -0.15) is 5.10 Å². The minimum atomic E-state index is -0.893. The summed E-state index contributed by atoms with van der Waals surface area (Å²) in [6.07, 6.45) is 7.40. The van der Waals surface area contributed by atoms with E-state index in [2.05, 4.69) is 15.4 Å². The van der Waals surface area contributed by atoms with E-state index in [0.29, 0.717) is 30.5 Å².